The maximum Gasteiger partial charge on any atom is 0.405 e. The Bertz CT molecular complexity index is 766. The lowest BCUT2D eigenvalue weighted by atomic mass is 10.0. The van der Waals surface area contributed by atoms with Gasteiger partial charge in [-0.05, 0) is 24.1 Å². The Balaban J connectivity index is 2.12. The molecule has 1 aromatic carbocycles. The zero-order chi connectivity index (χ0) is 20.0. The number of amides is 1. The molecule has 1 aromatic heterocycles. The third-order valence-electron chi connectivity index (χ3n) is 3.44. The number of alkyl halides is 4. The van der Waals surface area contributed by atoms with Gasteiger partial charge in [-0.15, -0.1) is 10.2 Å². The first-order valence-electron chi connectivity index (χ1n) is 7.89. The molecule has 11 heteroatoms. The molecule has 7 nitrogen and oxygen atoms in total. The van der Waals surface area contributed by atoms with Crippen molar-refractivity contribution in [2.45, 2.75) is 38.2 Å². The van der Waals surface area contributed by atoms with Gasteiger partial charge in [-0.1, -0.05) is 12.1 Å². The number of hydrogen-bond donors (Lipinski definition) is 2. The number of nitrogens with zero attached hydrogens (tertiary/aromatic N) is 2. The van der Waals surface area contributed by atoms with Crippen LogP contribution in [0.25, 0.3) is 0 Å². The van der Waals surface area contributed by atoms with E-state index in [2.05, 4.69) is 10.2 Å². The van der Waals surface area contributed by atoms with Crippen molar-refractivity contribution in [3.05, 3.63) is 41.6 Å². The van der Waals surface area contributed by atoms with Crippen molar-refractivity contribution < 1.29 is 36.6 Å². The second-order valence-electron chi connectivity index (χ2n) is 5.63. The van der Waals surface area contributed by atoms with Crippen LogP contribution in [0.3, 0.4) is 0 Å². The molecular weight excluding hydrogens is 374 g/mol. The molecule has 1 amide bonds. The Morgan fingerprint density at radius 1 is 1.37 bits per heavy atom. The van der Waals surface area contributed by atoms with Crippen LogP contribution in [-0.2, 0) is 0 Å². The van der Waals surface area contributed by atoms with Gasteiger partial charge in [0.1, 0.15) is 5.75 Å². The van der Waals surface area contributed by atoms with E-state index in [1.807, 2.05) is 5.32 Å². The van der Waals surface area contributed by atoms with Gasteiger partial charge in [0.15, 0.2) is 0 Å². The van der Waals surface area contributed by atoms with Crippen LogP contribution in [0, 0.1) is 6.92 Å². The smallest absolute Gasteiger partial charge is 0.405 e. The third-order valence-corrected chi connectivity index (χ3v) is 3.44. The molecule has 148 valence electrons. The van der Waals surface area contributed by atoms with Crippen LogP contribution < -0.4 is 10.1 Å². The minimum absolute atomic E-state index is 0.114. The molecule has 0 saturated heterocycles. The highest BCUT2D eigenvalue weighted by Crippen LogP contribution is 2.33. The molecular formula is C16H17F4N3O4. The average Bonchev–Trinajstić information content (AvgIpc) is 3.02. The lowest BCUT2D eigenvalue weighted by molar-refractivity contribution is -0.136. The summed E-state index contributed by atoms with van der Waals surface area (Å²) < 4.78 is 61.4. The second kappa shape index (κ2) is 8.69. The predicted octanol–water partition coefficient (Wildman–Crippen LogP) is 4.12. The van der Waals surface area contributed by atoms with Crippen molar-refractivity contribution in [2.75, 3.05) is 6.61 Å². The van der Waals surface area contributed by atoms with Gasteiger partial charge >= 0.3 is 12.3 Å². The lowest BCUT2D eigenvalue weighted by Gasteiger charge is -2.20. The van der Waals surface area contributed by atoms with Gasteiger partial charge in [0.25, 0.3) is 5.89 Å². The van der Waals surface area contributed by atoms with E-state index in [4.69, 9.17) is 14.3 Å². The maximum absolute atomic E-state index is 14.7. The monoisotopic (exact) mass is 391 g/mol. The number of nitrogens with one attached hydrogen (secondary N) is 1. The molecule has 27 heavy (non-hydrogen) atoms. The summed E-state index contributed by atoms with van der Waals surface area (Å²) in [6, 6.07) is 4.35. The molecule has 0 spiro atoms. The van der Waals surface area contributed by atoms with Crippen molar-refractivity contribution in [3.63, 3.8) is 0 Å². The summed E-state index contributed by atoms with van der Waals surface area (Å²) in [5, 5.41) is 18.1. The normalized spacial score (nSPS) is 13.8. The molecule has 0 fully saturated rings. The van der Waals surface area contributed by atoms with Gasteiger partial charge in [0.2, 0.25) is 12.1 Å². The molecule has 0 aliphatic heterocycles. The Labute approximate surface area is 151 Å². The van der Waals surface area contributed by atoms with Gasteiger partial charge in [0, 0.05) is 13.3 Å². The lowest BCUT2D eigenvalue weighted by Crippen LogP contribution is -2.30. The standard InChI is InChI=1S/C16H17F4N3O4/c1-9-22-23-14(27-9)12(17)13(21-15(24)25)10-4-2-5-11(8-10)26-7-3-6-16(18,19)20/h2,4-5,8,12-13,21H,3,6-7H2,1H3,(H,24,25). The summed E-state index contributed by atoms with van der Waals surface area (Å²) >= 11 is 0. The summed E-state index contributed by atoms with van der Waals surface area (Å²) in [6.45, 7) is 1.26. The molecule has 0 radical (unpaired) electrons. The van der Waals surface area contributed by atoms with E-state index in [-0.39, 0.29) is 30.2 Å². The highest BCUT2D eigenvalue weighted by molar-refractivity contribution is 5.65. The summed E-state index contributed by atoms with van der Waals surface area (Å²) in [7, 11) is 0. The molecule has 0 saturated carbocycles. The predicted molar refractivity (Wildman–Crippen MR) is 84.0 cm³/mol. The SMILES string of the molecule is Cc1nnc(C(F)C(NC(=O)O)c2cccc(OCCCC(F)(F)F)c2)o1. The number of aromatic nitrogens is 2. The number of carbonyl (C=O) groups is 1. The Kier molecular flexibility index (Phi) is 6.59. The zero-order valence-corrected chi connectivity index (χ0v) is 14.2. The maximum atomic E-state index is 14.7. The first kappa shape index (κ1) is 20.5. The average molecular weight is 391 g/mol. The van der Waals surface area contributed by atoms with Gasteiger partial charge < -0.3 is 19.6 Å². The van der Waals surface area contributed by atoms with E-state index in [0.717, 1.165) is 0 Å². The first-order valence-corrected chi connectivity index (χ1v) is 7.89. The molecule has 0 aliphatic carbocycles. The number of carboxylic acid groups (broad SMARTS) is 1. The van der Waals surface area contributed by atoms with Gasteiger partial charge in [0.05, 0.1) is 12.6 Å². The van der Waals surface area contributed by atoms with E-state index >= 15 is 0 Å². The van der Waals surface area contributed by atoms with Crippen molar-refractivity contribution in [3.8, 4) is 5.75 Å². The van der Waals surface area contributed by atoms with Gasteiger partial charge in [-0.2, -0.15) is 13.2 Å². The largest absolute Gasteiger partial charge is 0.494 e. The summed E-state index contributed by atoms with van der Waals surface area (Å²) in [4.78, 5) is 11.0. The second-order valence-corrected chi connectivity index (χ2v) is 5.63. The van der Waals surface area contributed by atoms with Crippen LogP contribution in [0.15, 0.2) is 28.7 Å². The number of benzene rings is 1. The quantitative estimate of drug-likeness (QED) is 0.519. The van der Waals surface area contributed by atoms with Crippen LogP contribution in [0.5, 0.6) is 5.75 Å². The number of halogens is 4. The summed E-state index contributed by atoms with van der Waals surface area (Å²) in [6.07, 6.45) is -8.94. The molecule has 0 bridgehead atoms. The number of aryl methyl sites for hydroxylation is 1. The molecule has 2 atom stereocenters. The number of hydrogen-bond acceptors (Lipinski definition) is 5. The zero-order valence-electron chi connectivity index (χ0n) is 14.2. The van der Waals surface area contributed by atoms with Crippen LogP contribution in [0.1, 0.15) is 42.4 Å². The highest BCUT2D eigenvalue weighted by atomic mass is 19.4. The van der Waals surface area contributed by atoms with Gasteiger partial charge in [-0.25, -0.2) is 9.18 Å². The van der Waals surface area contributed by atoms with Crippen LogP contribution in [0.4, 0.5) is 22.4 Å². The van der Waals surface area contributed by atoms with E-state index in [1.165, 1.54) is 31.2 Å². The molecule has 2 aromatic rings. The van der Waals surface area contributed by atoms with E-state index in [1.54, 1.807) is 0 Å². The minimum atomic E-state index is -4.27. The molecule has 2 unspecified atom stereocenters. The fraction of sp³-hybridized carbons (Fsp3) is 0.438. The fourth-order valence-electron chi connectivity index (χ4n) is 2.28. The fourth-order valence-corrected chi connectivity index (χ4v) is 2.28. The summed E-state index contributed by atoms with van der Waals surface area (Å²) in [5.74, 6) is -0.105. The Morgan fingerprint density at radius 2 is 2.11 bits per heavy atom. The minimum Gasteiger partial charge on any atom is -0.494 e. The van der Waals surface area contributed by atoms with Crippen LogP contribution in [0.2, 0.25) is 0 Å². The molecule has 0 aliphatic rings. The van der Waals surface area contributed by atoms with Crippen LogP contribution >= 0.6 is 0 Å². The third kappa shape index (κ3) is 6.42. The Hall–Kier alpha value is -2.85. The first-order chi connectivity index (χ1) is 12.7. The topological polar surface area (TPSA) is 97.5 Å². The van der Waals surface area contributed by atoms with Crippen molar-refractivity contribution in [1.82, 2.24) is 15.5 Å². The van der Waals surface area contributed by atoms with E-state index in [0.29, 0.717) is 0 Å². The van der Waals surface area contributed by atoms with E-state index < -0.39 is 36.8 Å². The molecule has 2 N–H and O–H groups in total. The van der Waals surface area contributed by atoms with Crippen molar-refractivity contribution >= 4 is 6.09 Å². The van der Waals surface area contributed by atoms with Crippen molar-refractivity contribution in [1.29, 1.82) is 0 Å². The van der Waals surface area contributed by atoms with Crippen LogP contribution in [-0.4, -0.2) is 34.2 Å². The highest BCUT2D eigenvalue weighted by Gasteiger charge is 2.31. The Morgan fingerprint density at radius 3 is 2.70 bits per heavy atom. The van der Waals surface area contributed by atoms with Crippen molar-refractivity contribution in [2.24, 2.45) is 0 Å². The molecule has 1 heterocycles. The summed E-state index contributed by atoms with van der Waals surface area (Å²) in [5.41, 5.74) is 0.189. The van der Waals surface area contributed by atoms with E-state index in [9.17, 15) is 22.4 Å². The molecule has 2 rings (SSSR count). The number of rotatable bonds is 8. The van der Waals surface area contributed by atoms with Gasteiger partial charge in [-0.3, -0.25) is 0 Å². The number of ether oxygens (including phenoxy) is 1.